The third-order valence-electron chi connectivity index (χ3n) is 5.44. The van der Waals surface area contributed by atoms with Gasteiger partial charge in [-0.05, 0) is 61.0 Å². The van der Waals surface area contributed by atoms with Crippen LogP contribution in [-0.4, -0.2) is 53.9 Å². The first-order valence-electron chi connectivity index (χ1n) is 11.1. The molecule has 3 aromatic heterocycles. The highest BCUT2D eigenvalue weighted by Crippen LogP contribution is 2.29. The summed E-state index contributed by atoms with van der Waals surface area (Å²) in [6.45, 7) is 4.86. The zero-order valence-electron chi connectivity index (χ0n) is 19.1. The topological polar surface area (TPSA) is 113 Å². The molecule has 178 valence electrons. The van der Waals surface area contributed by atoms with Crippen LogP contribution in [0.3, 0.4) is 0 Å². The van der Waals surface area contributed by atoms with Crippen LogP contribution in [0.15, 0.2) is 54.6 Å². The largest absolute Gasteiger partial charge is 0.465 e. The summed E-state index contributed by atoms with van der Waals surface area (Å²) in [7, 11) is 0. The highest BCUT2D eigenvalue weighted by atomic mass is 35.5. The predicted octanol–water partition coefficient (Wildman–Crippen LogP) is 4.28. The molecule has 10 nitrogen and oxygen atoms in total. The van der Waals surface area contributed by atoms with Crippen molar-refractivity contribution >= 4 is 28.6 Å². The van der Waals surface area contributed by atoms with Crippen molar-refractivity contribution < 1.29 is 14.3 Å². The monoisotopic (exact) mass is 491 g/mol. The normalized spacial score (nSPS) is 11.2. The Bertz CT molecular complexity index is 1470. The number of tetrazole rings is 1. The summed E-state index contributed by atoms with van der Waals surface area (Å²) in [5, 5.41) is 14.7. The maximum Gasteiger partial charge on any atom is 0.340 e. The smallest absolute Gasteiger partial charge is 0.340 e. The fourth-order valence-electron chi connectivity index (χ4n) is 3.98. The Morgan fingerprint density at radius 1 is 1.06 bits per heavy atom. The number of nitrogens with one attached hydrogen (secondary N) is 1. The summed E-state index contributed by atoms with van der Waals surface area (Å²) in [5.74, 6) is 0.0487. The fraction of sp³-hybridized carbons (Fsp3) is 0.208. The highest BCUT2D eigenvalue weighted by Gasteiger charge is 2.20. The van der Waals surface area contributed by atoms with Gasteiger partial charge in [-0.2, -0.15) is 10.2 Å². The summed E-state index contributed by atoms with van der Waals surface area (Å²) < 4.78 is 14.8. The molecule has 1 N–H and O–H groups in total. The van der Waals surface area contributed by atoms with Gasteiger partial charge < -0.3 is 9.47 Å². The summed E-state index contributed by atoms with van der Waals surface area (Å²) in [6, 6.07) is 17.3. The van der Waals surface area contributed by atoms with Gasteiger partial charge in [-0.25, -0.2) is 4.79 Å². The summed E-state index contributed by atoms with van der Waals surface area (Å²) in [6.07, 6.45) is 0. The van der Waals surface area contributed by atoms with Crippen LogP contribution in [0.1, 0.15) is 29.8 Å². The molecule has 0 aliphatic carbocycles. The molecule has 0 saturated heterocycles. The fourth-order valence-corrected chi connectivity index (χ4v) is 4.23. The van der Waals surface area contributed by atoms with Gasteiger partial charge in [-0.3, -0.25) is 9.13 Å². The SMILES string of the molecule is CCOC(=O)c1cccc2nc(OCC)n(Cc3ccc(-n4c(Cl)ccc4-c4nn[nH]n4)cc3)c12. The van der Waals surface area contributed by atoms with E-state index in [2.05, 4.69) is 25.6 Å². The van der Waals surface area contributed by atoms with Crippen molar-refractivity contribution in [3.8, 4) is 23.2 Å². The van der Waals surface area contributed by atoms with Crippen molar-refractivity contribution in [1.29, 1.82) is 0 Å². The molecule has 0 unspecified atom stereocenters. The first kappa shape index (κ1) is 22.6. The Kier molecular flexibility index (Phi) is 6.19. The average Bonchev–Trinajstić information content (AvgIpc) is 3.60. The van der Waals surface area contributed by atoms with Crippen molar-refractivity contribution in [1.82, 2.24) is 34.7 Å². The number of halogens is 1. The van der Waals surface area contributed by atoms with Gasteiger partial charge in [-0.1, -0.05) is 29.8 Å². The van der Waals surface area contributed by atoms with Crippen LogP contribution < -0.4 is 4.74 Å². The molecular weight excluding hydrogens is 470 g/mol. The van der Waals surface area contributed by atoms with Gasteiger partial charge in [0.2, 0.25) is 5.82 Å². The number of nitrogens with zero attached hydrogens (tertiary/aromatic N) is 6. The summed E-state index contributed by atoms with van der Waals surface area (Å²) in [4.78, 5) is 17.2. The van der Waals surface area contributed by atoms with E-state index in [1.807, 2.05) is 52.5 Å². The molecule has 11 heteroatoms. The van der Waals surface area contributed by atoms with E-state index in [1.165, 1.54) is 0 Å². The Morgan fingerprint density at radius 3 is 2.60 bits per heavy atom. The lowest BCUT2D eigenvalue weighted by molar-refractivity contribution is 0.0528. The standard InChI is InChI=1S/C24H22ClN7O3/c1-3-34-23(33)17-6-5-7-18-21(17)31(24(26-18)35-4-2)14-15-8-10-16(11-9-15)32-19(12-13-20(32)25)22-27-29-30-28-22/h5-13H,3-4,14H2,1-2H3,(H,27,28,29,30). The molecule has 35 heavy (non-hydrogen) atoms. The molecule has 0 aliphatic heterocycles. The molecule has 3 heterocycles. The zero-order valence-corrected chi connectivity index (χ0v) is 19.9. The molecule has 2 aromatic carbocycles. The Balaban J connectivity index is 1.52. The van der Waals surface area contributed by atoms with E-state index in [-0.39, 0.29) is 6.61 Å². The van der Waals surface area contributed by atoms with Crippen molar-refractivity contribution in [3.63, 3.8) is 0 Å². The van der Waals surface area contributed by atoms with E-state index in [0.717, 1.165) is 16.9 Å². The highest BCUT2D eigenvalue weighted by molar-refractivity contribution is 6.30. The maximum atomic E-state index is 12.6. The molecule has 0 amide bonds. The molecule has 0 fully saturated rings. The summed E-state index contributed by atoms with van der Waals surface area (Å²) in [5.41, 5.74) is 4.33. The number of rotatable bonds is 8. The lowest BCUT2D eigenvalue weighted by Gasteiger charge is -2.13. The third-order valence-corrected chi connectivity index (χ3v) is 5.74. The quantitative estimate of drug-likeness (QED) is 0.322. The number of imidazole rings is 1. The number of para-hydroxylation sites is 1. The minimum atomic E-state index is -0.395. The van der Waals surface area contributed by atoms with Gasteiger partial charge in [0.25, 0.3) is 6.01 Å². The van der Waals surface area contributed by atoms with Crippen LogP contribution in [0.2, 0.25) is 5.15 Å². The molecule has 0 bridgehead atoms. The Labute approximate surface area is 205 Å². The molecule has 5 aromatic rings. The number of hydrogen-bond acceptors (Lipinski definition) is 7. The number of carbonyl (C=O) groups is 1. The van der Waals surface area contributed by atoms with E-state index in [1.54, 1.807) is 25.1 Å². The Morgan fingerprint density at radius 2 is 1.89 bits per heavy atom. The van der Waals surface area contributed by atoms with Crippen molar-refractivity contribution in [2.75, 3.05) is 13.2 Å². The van der Waals surface area contributed by atoms with Crippen LogP contribution >= 0.6 is 11.6 Å². The van der Waals surface area contributed by atoms with Crippen LogP contribution in [0.4, 0.5) is 0 Å². The van der Waals surface area contributed by atoms with Gasteiger partial charge in [0.15, 0.2) is 0 Å². The second-order valence-electron chi connectivity index (χ2n) is 7.59. The number of fused-ring (bicyclic) bond motifs is 1. The minimum absolute atomic E-state index is 0.289. The molecule has 0 spiro atoms. The number of H-pyrrole nitrogens is 1. The number of aromatic nitrogens is 7. The predicted molar refractivity (Wildman–Crippen MR) is 130 cm³/mol. The number of aromatic amines is 1. The second-order valence-corrected chi connectivity index (χ2v) is 7.97. The molecule has 0 radical (unpaired) electrons. The molecule has 0 atom stereocenters. The number of esters is 1. The van der Waals surface area contributed by atoms with Gasteiger partial charge in [0, 0.05) is 5.69 Å². The lowest BCUT2D eigenvalue weighted by Crippen LogP contribution is -2.10. The second kappa shape index (κ2) is 9.59. The number of hydrogen-bond donors (Lipinski definition) is 1. The van der Waals surface area contributed by atoms with Crippen molar-refractivity contribution in [3.05, 3.63) is 70.9 Å². The van der Waals surface area contributed by atoms with Crippen molar-refractivity contribution in [2.45, 2.75) is 20.4 Å². The number of benzene rings is 2. The van der Waals surface area contributed by atoms with Crippen LogP contribution in [0, 0.1) is 0 Å². The van der Waals surface area contributed by atoms with Gasteiger partial charge in [0.1, 0.15) is 5.15 Å². The molecular formula is C24H22ClN7O3. The number of carbonyl (C=O) groups excluding carboxylic acids is 1. The molecule has 0 saturated carbocycles. The Hall–Kier alpha value is -4.18. The lowest BCUT2D eigenvalue weighted by atomic mass is 10.1. The van der Waals surface area contributed by atoms with E-state index in [0.29, 0.717) is 46.7 Å². The molecule has 0 aliphatic rings. The minimum Gasteiger partial charge on any atom is -0.465 e. The van der Waals surface area contributed by atoms with E-state index >= 15 is 0 Å². The van der Waals surface area contributed by atoms with E-state index < -0.39 is 5.97 Å². The van der Waals surface area contributed by atoms with E-state index in [9.17, 15) is 4.79 Å². The maximum absolute atomic E-state index is 12.6. The van der Waals surface area contributed by atoms with E-state index in [4.69, 9.17) is 21.1 Å². The van der Waals surface area contributed by atoms with Crippen molar-refractivity contribution in [2.24, 2.45) is 0 Å². The van der Waals surface area contributed by atoms with Gasteiger partial charge in [0.05, 0.1) is 42.0 Å². The van der Waals surface area contributed by atoms with Gasteiger partial charge >= 0.3 is 5.97 Å². The first-order chi connectivity index (χ1) is 17.1. The zero-order chi connectivity index (χ0) is 24.4. The molecule has 5 rings (SSSR count). The van der Waals surface area contributed by atoms with Crippen LogP contribution in [-0.2, 0) is 11.3 Å². The third kappa shape index (κ3) is 4.24. The first-order valence-corrected chi connectivity index (χ1v) is 11.5. The van der Waals surface area contributed by atoms with Gasteiger partial charge in [-0.15, -0.1) is 10.2 Å². The average molecular weight is 492 g/mol. The van der Waals surface area contributed by atoms with Crippen LogP contribution in [0.25, 0.3) is 28.2 Å². The summed E-state index contributed by atoms with van der Waals surface area (Å²) >= 11 is 6.45. The number of ether oxygens (including phenoxy) is 2. The van der Waals surface area contributed by atoms with Crippen LogP contribution in [0.5, 0.6) is 6.01 Å².